The van der Waals surface area contributed by atoms with Gasteiger partial charge in [0.1, 0.15) is 0 Å². The van der Waals surface area contributed by atoms with Crippen LogP contribution in [0.25, 0.3) is 0 Å². The van der Waals surface area contributed by atoms with Gasteiger partial charge in [0.05, 0.1) is 12.2 Å². The number of ether oxygens (including phenoxy) is 1. The Balaban J connectivity index is 2.01. The molecule has 2 nitrogen and oxygen atoms in total. The highest BCUT2D eigenvalue weighted by Crippen LogP contribution is 2.28. The Bertz CT molecular complexity index is 385. The van der Waals surface area contributed by atoms with E-state index in [0.29, 0.717) is 6.10 Å². The summed E-state index contributed by atoms with van der Waals surface area (Å²) < 4.78 is 6.44. The van der Waals surface area contributed by atoms with Gasteiger partial charge < -0.3 is 10.1 Å². The van der Waals surface area contributed by atoms with Crippen LogP contribution in [-0.2, 0) is 4.74 Å². The van der Waals surface area contributed by atoms with Gasteiger partial charge >= 0.3 is 0 Å². The second-order valence-corrected chi connectivity index (χ2v) is 5.95. The molecule has 0 amide bonds. The van der Waals surface area contributed by atoms with Crippen molar-refractivity contribution in [3.63, 3.8) is 0 Å². The van der Waals surface area contributed by atoms with Crippen LogP contribution in [0, 0.1) is 6.92 Å². The van der Waals surface area contributed by atoms with E-state index < -0.39 is 0 Å². The summed E-state index contributed by atoms with van der Waals surface area (Å²) >= 11 is 0. The van der Waals surface area contributed by atoms with E-state index >= 15 is 0 Å². The van der Waals surface area contributed by atoms with Gasteiger partial charge in [-0.2, -0.15) is 0 Å². The molecule has 0 heterocycles. The molecule has 20 heavy (non-hydrogen) atoms. The average molecular weight is 275 g/mol. The minimum absolute atomic E-state index is 0.200. The predicted octanol–water partition coefficient (Wildman–Crippen LogP) is 4.39. The minimum Gasteiger partial charge on any atom is -0.369 e. The first-order chi connectivity index (χ1) is 9.81. The van der Waals surface area contributed by atoms with Crippen molar-refractivity contribution in [2.45, 2.75) is 64.6 Å². The first-order valence-electron chi connectivity index (χ1n) is 8.23. The zero-order valence-corrected chi connectivity index (χ0v) is 13.0. The van der Waals surface area contributed by atoms with E-state index in [2.05, 4.69) is 43.4 Å². The Morgan fingerprint density at radius 1 is 1.20 bits per heavy atom. The topological polar surface area (TPSA) is 21.3 Å². The third kappa shape index (κ3) is 4.60. The number of nitrogens with one attached hydrogen (secondary N) is 1. The Morgan fingerprint density at radius 2 is 1.95 bits per heavy atom. The standard InChI is InChI=1S/C18H29NO/c1-3-13-19-14-18(17-12-8-7-9-15(17)2)20-16-10-5-4-6-11-16/h7-9,12,16,18-19H,3-6,10-11,13-14H2,1-2H3. The normalized spacial score (nSPS) is 18.1. The number of hydrogen-bond donors (Lipinski definition) is 1. The maximum atomic E-state index is 6.44. The summed E-state index contributed by atoms with van der Waals surface area (Å²) in [5.74, 6) is 0. The van der Waals surface area contributed by atoms with Crippen LogP contribution in [-0.4, -0.2) is 19.2 Å². The zero-order valence-electron chi connectivity index (χ0n) is 13.0. The molecule has 0 spiro atoms. The van der Waals surface area contributed by atoms with E-state index in [0.717, 1.165) is 13.1 Å². The van der Waals surface area contributed by atoms with Crippen LogP contribution in [0.3, 0.4) is 0 Å². The molecule has 0 bridgehead atoms. The number of hydrogen-bond acceptors (Lipinski definition) is 2. The maximum Gasteiger partial charge on any atom is 0.0955 e. The van der Waals surface area contributed by atoms with Crippen LogP contribution in [0.5, 0.6) is 0 Å². The Hall–Kier alpha value is -0.860. The molecular formula is C18H29NO. The van der Waals surface area contributed by atoms with Gasteiger partial charge in [-0.05, 0) is 43.9 Å². The van der Waals surface area contributed by atoms with Crippen molar-refractivity contribution in [3.8, 4) is 0 Å². The Kier molecular flexibility index (Phi) is 6.55. The minimum atomic E-state index is 0.200. The van der Waals surface area contributed by atoms with Gasteiger partial charge in [-0.3, -0.25) is 0 Å². The van der Waals surface area contributed by atoms with Crippen LogP contribution >= 0.6 is 0 Å². The molecular weight excluding hydrogens is 246 g/mol. The number of aryl methyl sites for hydroxylation is 1. The van der Waals surface area contributed by atoms with E-state index in [1.165, 1.54) is 49.7 Å². The Morgan fingerprint density at radius 3 is 2.65 bits per heavy atom. The maximum absolute atomic E-state index is 6.44. The van der Waals surface area contributed by atoms with Crippen molar-refractivity contribution in [2.75, 3.05) is 13.1 Å². The highest BCUT2D eigenvalue weighted by atomic mass is 16.5. The monoisotopic (exact) mass is 275 g/mol. The van der Waals surface area contributed by atoms with Gasteiger partial charge in [-0.15, -0.1) is 0 Å². The van der Waals surface area contributed by atoms with E-state index in [-0.39, 0.29) is 6.10 Å². The van der Waals surface area contributed by atoms with Crippen molar-refractivity contribution in [1.82, 2.24) is 5.32 Å². The third-order valence-electron chi connectivity index (χ3n) is 4.20. The molecule has 1 unspecified atom stereocenters. The van der Waals surface area contributed by atoms with E-state index in [9.17, 15) is 0 Å². The zero-order chi connectivity index (χ0) is 14.2. The molecule has 0 aliphatic heterocycles. The fourth-order valence-corrected chi connectivity index (χ4v) is 3.02. The molecule has 1 atom stereocenters. The van der Waals surface area contributed by atoms with Gasteiger partial charge in [0.25, 0.3) is 0 Å². The molecule has 2 rings (SSSR count). The lowest BCUT2D eigenvalue weighted by atomic mass is 9.96. The summed E-state index contributed by atoms with van der Waals surface area (Å²) in [6.45, 7) is 6.38. The van der Waals surface area contributed by atoms with Crippen molar-refractivity contribution >= 4 is 0 Å². The molecule has 0 saturated heterocycles. The van der Waals surface area contributed by atoms with Crippen LogP contribution in [0.2, 0.25) is 0 Å². The highest BCUT2D eigenvalue weighted by Gasteiger charge is 2.21. The molecule has 1 aromatic rings. The van der Waals surface area contributed by atoms with Crippen molar-refractivity contribution in [2.24, 2.45) is 0 Å². The van der Waals surface area contributed by atoms with Crippen molar-refractivity contribution in [1.29, 1.82) is 0 Å². The van der Waals surface area contributed by atoms with Gasteiger partial charge in [0.2, 0.25) is 0 Å². The molecule has 1 aliphatic carbocycles. The number of benzene rings is 1. The fraction of sp³-hybridized carbons (Fsp3) is 0.667. The van der Waals surface area contributed by atoms with Crippen LogP contribution in [0.4, 0.5) is 0 Å². The van der Waals surface area contributed by atoms with Crippen LogP contribution in [0.15, 0.2) is 24.3 Å². The van der Waals surface area contributed by atoms with Gasteiger partial charge in [-0.1, -0.05) is 50.5 Å². The summed E-state index contributed by atoms with van der Waals surface area (Å²) in [6.07, 6.45) is 8.32. The van der Waals surface area contributed by atoms with Gasteiger partial charge in [-0.25, -0.2) is 0 Å². The average Bonchev–Trinajstić information content (AvgIpc) is 2.48. The quantitative estimate of drug-likeness (QED) is 0.745. The Labute approximate surface area is 123 Å². The second-order valence-electron chi connectivity index (χ2n) is 5.95. The molecule has 1 fully saturated rings. The largest absolute Gasteiger partial charge is 0.369 e. The summed E-state index contributed by atoms with van der Waals surface area (Å²) in [7, 11) is 0. The van der Waals surface area contributed by atoms with E-state index in [4.69, 9.17) is 4.74 Å². The lowest BCUT2D eigenvalue weighted by molar-refractivity contribution is -0.0307. The SMILES string of the molecule is CCCNCC(OC1CCCCC1)c1ccccc1C. The second kappa shape index (κ2) is 8.43. The van der Waals surface area contributed by atoms with Crippen molar-refractivity contribution in [3.05, 3.63) is 35.4 Å². The first kappa shape index (κ1) is 15.5. The number of rotatable bonds is 7. The molecule has 2 heteroatoms. The molecule has 1 saturated carbocycles. The van der Waals surface area contributed by atoms with Crippen molar-refractivity contribution < 1.29 is 4.74 Å². The lowest BCUT2D eigenvalue weighted by Crippen LogP contribution is -2.28. The molecule has 1 N–H and O–H groups in total. The summed E-state index contributed by atoms with van der Waals surface area (Å²) in [4.78, 5) is 0. The van der Waals surface area contributed by atoms with Crippen LogP contribution < -0.4 is 5.32 Å². The highest BCUT2D eigenvalue weighted by molar-refractivity contribution is 5.28. The molecule has 1 aromatic carbocycles. The smallest absolute Gasteiger partial charge is 0.0955 e. The van der Waals surface area contributed by atoms with Gasteiger partial charge in [0, 0.05) is 6.54 Å². The van der Waals surface area contributed by atoms with Gasteiger partial charge in [0.15, 0.2) is 0 Å². The lowest BCUT2D eigenvalue weighted by Gasteiger charge is -2.29. The third-order valence-corrected chi connectivity index (χ3v) is 4.20. The summed E-state index contributed by atoms with van der Waals surface area (Å²) in [5.41, 5.74) is 2.69. The molecule has 0 radical (unpaired) electrons. The van der Waals surface area contributed by atoms with Crippen LogP contribution in [0.1, 0.15) is 62.7 Å². The van der Waals surface area contributed by atoms with E-state index in [1.807, 2.05) is 0 Å². The molecule has 1 aliphatic rings. The molecule has 112 valence electrons. The fourth-order valence-electron chi connectivity index (χ4n) is 3.02. The summed E-state index contributed by atoms with van der Waals surface area (Å²) in [5, 5.41) is 3.53. The summed E-state index contributed by atoms with van der Waals surface area (Å²) in [6, 6.07) is 8.64. The predicted molar refractivity (Wildman–Crippen MR) is 85.0 cm³/mol. The first-order valence-corrected chi connectivity index (χ1v) is 8.23. The van der Waals surface area contributed by atoms with E-state index in [1.54, 1.807) is 0 Å². The molecule has 0 aromatic heterocycles.